The second kappa shape index (κ2) is 17.5. The molecule has 0 N–H and O–H groups in total. The van der Waals surface area contributed by atoms with E-state index in [-0.39, 0.29) is 0 Å². The second-order valence-corrected chi connectivity index (χ2v) is 15.4. The summed E-state index contributed by atoms with van der Waals surface area (Å²) in [6, 6.07) is 31.9. The summed E-state index contributed by atoms with van der Waals surface area (Å²) in [5.41, 5.74) is 16.4. The number of rotatable bonds is 4. The predicted octanol–water partition coefficient (Wildman–Crippen LogP) is 13.6. The molecule has 0 aromatic heterocycles. The van der Waals surface area contributed by atoms with Crippen LogP contribution in [0.5, 0.6) is 0 Å². The van der Waals surface area contributed by atoms with Gasteiger partial charge >= 0.3 is 37.9 Å². The molecule has 236 valence electrons. The number of benzene rings is 4. The summed E-state index contributed by atoms with van der Waals surface area (Å²) in [6.45, 7) is 22.6. The number of fused-ring (bicyclic) bond motifs is 2. The van der Waals surface area contributed by atoms with Gasteiger partial charge in [0, 0.05) is 0 Å². The summed E-state index contributed by atoms with van der Waals surface area (Å²) in [6.07, 6.45) is 2.20. The van der Waals surface area contributed by atoms with Gasteiger partial charge in [-0.2, -0.15) is 19.1 Å². The zero-order chi connectivity index (χ0) is 33.3. The van der Waals surface area contributed by atoms with Crippen LogP contribution in [0.4, 0.5) is 0 Å². The third-order valence-corrected chi connectivity index (χ3v) is 8.78. The predicted molar refractivity (Wildman–Crippen MR) is 200 cm³/mol. The molecule has 45 heavy (non-hydrogen) atoms. The first-order chi connectivity index (χ1) is 21.6. The molecule has 0 saturated carbocycles. The van der Waals surface area contributed by atoms with Gasteiger partial charge in [0.15, 0.2) is 0 Å². The van der Waals surface area contributed by atoms with E-state index in [0.717, 1.165) is 12.8 Å². The van der Waals surface area contributed by atoms with Crippen molar-refractivity contribution >= 4 is 38.6 Å². The normalized spacial score (nSPS) is 10.4. The molecule has 6 rings (SSSR count). The molecule has 0 unspecified atom stereocenters. The number of hydrogen-bond donors (Lipinski definition) is 0. The first-order valence-electron chi connectivity index (χ1n) is 15.8. The van der Waals surface area contributed by atoms with Crippen LogP contribution < -0.4 is 0 Å². The number of hydrogen-bond acceptors (Lipinski definition) is 0. The van der Waals surface area contributed by atoms with Gasteiger partial charge in [0.25, 0.3) is 0 Å². The monoisotopic (exact) mass is 711 g/mol. The quantitative estimate of drug-likeness (QED) is 0.160. The molecule has 0 saturated heterocycles. The topological polar surface area (TPSA) is 0 Å². The van der Waals surface area contributed by atoms with Crippen LogP contribution in [0, 0.1) is 48.5 Å². The van der Waals surface area contributed by atoms with E-state index >= 15 is 0 Å². The van der Waals surface area contributed by atoms with Crippen molar-refractivity contribution in [2.75, 3.05) is 0 Å². The maximum atomic E-state index is 4.93. The van der Waals surface area contributed by atoms with E-state index in [9.17, 15) is 0 Å². The summed E-state index contributed by atoms with van der Waals surface area (Å²) in [5, 5.41) is 5.59. The van der Waals surface area contributed by atoms with Crippen LogP contribution in [0.3, 0.4) is 0 Å². The van der Waals surface area contributed by atoms with Crippen molar-refractivity contribution in [2.45, 2.75) is 75.2 Å². The standard InChI is InChI=1S/2C20H21.C2H5.2ClH.Zr/c2*1-5-16-11-19-14(3)7-9-18(20(19)12-16)17-8-6-13(2)15(4)10-17;1-2;;;/h2*6-12H,5H2,1-4H3;1H2,2H3;2*1H;/q3*-1;;;+2/p-2. The van der Waals surface area contributed by atoms with Crippen LogP contribution in [-0.4, -0.2) is 0 Å². The maximum absolute atomic E-state index is 4.93. The fourth-order valence-electron chi connectivity index (χ4n) is 5.74. The molecule has 6 aromatic carbocycles. The SMILES string of the molecule is CCc1cc2c(-c3ccc(C)c(C)c3)ccc(C)c2[cH-]1.CCc1cc2c(-c3ccc(C)c(C)c3)ccc(C)c2[cH-]1.[CH2-]C.[Cl][Zr][Cl]. The summed E-state index contributed by atoms with van der Waals surface area (Å²) in [4.78, 5) is 0. The molecule has 6 aromatic rings. The van der Waals surface area contributed by atoms with Crippen LogP contribution in [0.15, 0.2) is 84.9 Å². The first kappa shape index (κ1) is 37.0. The van der Waals surface area contributed by atoms with Gasteiger partial charge in [-0.15, -0.1) is 68.1 Å². The summed E-state index contributed by atoms with van der Waals surface area (Å²) < 4.78 is 0. The molecule has 0 atom stereocenters. The van der Waals surface area contributed by atoms with Crippen molar-refractivity contribution in [2.24, 2.45) is 0 Å². The fourth-order valence-corrected chi connectivity index (χ4v) is 5.74. The third kappa shape index (κ3) is 8.89. The Morgan fingerprint density at radius 2 is 0.844 bits per heavy atom. The van der Waals surface area contributed by atoms with Crippen molar-refractivity contribution in [1.82, 2.24) is 0 Å². The van der Waals surface area contributed by atoms with E-state index in [1.54, 1.807) is 6.92 Å². The Balaban J connectivity index is 0.000000215. The molecule has 0 aliphatic heterocycles. The van der Waals surface area contributed by atoms with E-state index in [1.807, 2.05) is 0 Å². The molecule has 0 spiro atoms. The molecule has 0 amide bonds. The number of aryl methyl sites for hydroxylation is 8. The molecule has 0 aliphatic carbocycles. The van der Waals surface area contributed by atoms with E-state index in [4.69, 9.17) is 17.0 Å². The first-order valence-corrected chi connectivity index (χ1v) is 22.1. The van der Waals surface area contributed by atoms with E-state index in [2.05, 4.69) is 147 Å². The Morgan fingerprint density at radius 3 is 1.16 bits per heavy atom. The van der Waals surface area contributed by atoms with Crippen molar-refractivity contribution in [3.63, 3.8) is 0 Å². The van der Waals surface area contributed by atoms with Gasteiger partial charge in [-0.05, 0) is 73.9 Å². The molecular formula is C42H47Cl2Zr-3. The van der Waals surface area contributed by atoms with Crippen molar-refractivity contribution in [3.8, 4) is 22.3 Å². The van der Waals surface area contributed by atoms with Crippen LogP contribution in [0.1, 0.15) is 65.3 Å². The van der Waals surface area contributed by atoms with Gasteiger partial charge in [0.05, 0.1) is 0 Å². The van der Waals surface area contributed by atoms with Crippen molar-refractivity contribution in [1.29, 1.82) is 0 Å². The average Bonchev–Trinajstić information content (AvgIpc) is 3.69. The van der Waals surface area contributed by atoms with Crippen LogP contribution in [-0.2, 0) is 33.7 Å². The Kier molecular flexibility index (Phi) is 14.4. The Labute approximate surface area is 291 Å². The van der Waals surface area contributed by atoms with E-state index in [0.29, 0.717) is 0 Å². The summed E-state index contributed by atoms with van der Waals surface area (Å²) in [5.74, 6) is 0. The fraction of sp³-hybridized carbons (Fsp3) is 0.262. The van der Waals surface area contributed by atoms with Crippen LogP contribution in [0.25, 0.3) is 43.8 Å². The van der Waals surface area contributed by atoms with Gasteiger partial charge in [0.2, 0.25) is 0 Å². The van der Waals surface area contributed by atoms with E-state index < -0.39 is 20.8 Å². The van der Waals surface area contributed by atoms with Crippen molar-refractivity contribution in [3.05, 3.63) is 136 Å². The molecule has 0 bridgehead atoms. The molecular weight excluding hydrogens is 667 g/mol. The van der Waals surface area contributed by atoms with Gasteiger partial charge in [-0.1, -0.05) is 87.4 Å². The van der Waals surface area contributed by atoms with Gasteiger partial charge in [-0.3, -0.25) is 0 Å². The Morgan fingerprint density at radius 1 is 0.511 bits per heavy atom. The van der Waals surface area contributed by atoms with Crippen LogP contribution >= 0.6 is 17.0 Å². The van der Waals surface area contributed by atoms with Gasteiger partial charge in [-0.25, -0.2) is 0 Å². The number of halogens is 2. The summed E-state index contributed by atoms with van der Waals surface area (Å²) >= 11 is -0.826. The van der Waals surface area contributed by atoms with Gasteiger partial charge in [0.1, 0.15) is 0 Å². The van der Waals surface area contributed by atoms with Crippen molar-refractivity contribution < 1.29 is 20.8 Å². The minimum absolute atomic E-state index is 0.826. The Bertz CT molecular complexity index is 1720. The van der Waals surface area contributed by atoms with Crippen LogP contribution in [0.2, 0.25) is 0 Å². The zero-order valence-electron chi connectivity index (χ0n) is 28.5. The second-order valence-electron chi connectivity index (χ2n) is 11.6. The molecule has 0 nitrogen and oxygen atoms in total. The molecule has 0 heterocycles. The van der Waals surface area contributed by atoms with Gasteiger partial charge < -0.3 is 6.92 Å². The third-order valence-electron chi connectivity index (χ3n) is 8.78. The average molecular weight is 714 g/mol. The summed E-state index contributed by atoms with van der Waals surface area (Å²) in [7, 11) is 9.87. The van der Waals surface area contributed by atoms with E-state index in [1.165, 1.54) is 88.3 Å². The molecule has 3 heteroatoms. The molecule has 0 aliphatic rings. The molecule has 0 radical (unpaired) electrons. The Hall–Kier alpha value is -2.44. The molecule has 0 fully saturated rings. The zero-order valence-corrected chi connectivity index (χ0v) is 32.4. The minimum atomic E-state index is -0.826.